The minimum absolute atomic E-state index is 0.0189. The topological polar surface area (TPSA) is 163 Å². The van der Waals surface area contributed by atoms with Gasteiger partial charge in [-0.15, -0.1) is 0 Å². The summed E-state index contributed by atoms with van der Waals surface area (Å²) in [5.41, 5.74) is 2.90. The van der Waals surface area contributed by atoms with Crippen molar-refractivity contribution in [3.63, 3.8) is 0 Å². The lowest BCUT2D eigenvalue weighted by Gasteiger charge is -2.14. The molecule has 0 fully saturated rings. The number of imide groups is 2. The van der Waals surface area contributed by atoms with Crippen LogP contribution in [0.1, 0.15) is 83.6 Å². The Morgan fingerprint density at radius 2 is 0.734 bits per heavy atom. The van der Waals surface area contributed by atoms with Gasteiger partial charge in [-0.3, -0.25) is 28.9 Å². The van der Waals surface area contributed by atoms with Crippen molar-refractivity contribution in [2.24, 2.45) is 0 Å². The molecule has 7 aromatic rings. The second-order valence-corrected chi connectivity index (χ2v) is 14.8. The van der Waals surface area contributed by atoms with Gasteiger partial charge in [0.15, 0.2) is 5.78 Å². The number of aryl methyl sites for hydroxylation is 1. The first-order valence-electron chi connectivity index (χ1n) is 19.7. The second kappa shape index (κ2) is 16.5. The Balaban J connectivity index is 0.791. The highest BCUT2D eigenvalue weighted by molar-refractivity contribution is 6.34. The zero-order chi connectivity index (χ0) is 44.6. The minimum atomic E-state index is -0.800. The van der Waals surface area contributed by atoms with E-state index in [0.29, 0.717) is 34.1 Å². The number of ether oxygens (including phenoxy) is 4. The van der Waals surface area contributed by atoms with E-state index in [2.05, 4.69) is 0 Å². The summed E-state index contributed by atoms with van der Waals surface area (Å²) in [5.74, 6) is -1.48. The number of hydrogen-bond acceptors (Lipinski definition) is 11. The van der Waals surface area contributed by atoms with Gasteiger partial charge >= 0.3 is 11.9 Å². The number of rotatable bonds is 11. The third-order valence-corrected chi connectivity index (χ3v) is 10.5. The number of nitrogens with zero attached hydrogens (tertiary/aromatic N) is 2. The molecule has 0 atom stereocenters. The number of fused-ring (bicyclic) bond motifs is 2. The van der Waals surface area contributed by atoms with Crippen LogP contribution in [-0.4, -0.2) is 53.3 Å². The van der Waals surface area contributed by atoms with Gasteiger partial charge in [-0.05, 0) is 153 Å². The zero-order valence-electron chi connectivity index (χ0n) is 33.9. The molecule has 0 radical (unpaired) electrons. The van der Waals surface area contributed by atoms with Crippen molar-refractivity contribution < 1.29 is 52.5 Å². The highest BCUT2D eigenvalue weighted by Gasteiger charge is 2.37. The predicted octanol–water partition coefficient (Wildman–Crippen LogP) is 9.28. The monoisotopic (exact) mass is 848 g/mol. The van der Waals surface area contributed by atoms with Crippen molar-refractivity contribution in [1.29, 1.82) is 0 Å². The Bertz CT molecular complexity index is 3070. The van der Waals surface area contributed by atoms with Crippen LogP contribution in [0.4, 0.5) is 5.69 Å². The summed E-state index contributed by atoms with van der Waals surface area (Å²) in [5, 5.41) is 0. The average Bonchev–Trinajstić information content (AvgIpc) is 3.69. The molecule has 13 heteroatoms. The maximum absolute atomic E-state index is 13.5. The van der Waals surface area contributed by atoms with Gasteiger partial charge in [-0.1, -0.05) is 17.7 Å². The summed E-state index contributed by atoms with van der Waals surface area (Å²) in [6.45, 7) is 2.00. The maximum Gasteiger partial charge on any atom is 0.343 e. The molecule has 64 heavy (non-hydrogen) atoms. The summed E-state index contributed by atoms with van der Waals surface area (Å²) in [4.78, 5) is 92.5. The number of carbonyl (C=O) groups is 7. The Labute approximate surface area is 364 Å². The van der Waals surface area contributed by atoms with Crippen LogP contribution in [0, 0.1) is 6.92 Å². The number of esters is 2. The number of hydrogen-bond donors (Lipinski definition) is 0. The van der Waals surface area contributed by atoms with E-state index in [-0.39, 0.29) is 56.4 Å². The van der Waals surface area contributed by atoms with Crippen LogP contribution in [0.15, 0.2) is 158 Å². The van der Waals surface area contributed by atoms with E-state index in [1.165, 1.54) is 67.7 Å². The molecule has 0 N–H and O–H groups in total. The van der Waals surface area contributed by atoms with E-state index in [0.717, 1.165) is 15.4 Å². The molecular formula is C51H32N2O11. The Hall–Kier alpha value is -8.97. The molecule has 2 aliphatic rings. The molecule has 0 unspecified atom stereocenters. The fourth-order valence-corrected chi connectivity index (χ4v) is 7.06. The Kier molecular flexibility index (Phi) is 10.4. The predicted molar refractivity (Wildman–Crippen MR) is 231 cm³/mol. The smallest absolute Gasteiger partial charge is 0.343 e. The van der Waals surface area contributed by atoms with E-state index in [1.807, 2.05) is 31.2 Å². The van der Waals surface area contributed by atoms with Crippen LogP contribution in [-0.2, 0) is 0 Å². The van der Waals surface area contributed by atoms with Crippen molar-refractivity contribution in [2.75, 3.05) is 11.9 Å². The van der Waals surface area contributed by atoms with Gasteiger partial charge < -0.3 is 18.9 Å². The van der Waals surface area contributed by atoms with Crippen molar-refractivity contribution in [2.45, 2.75) is 6.92 Å². The van der Waals surface area contributed by atoms with Crippen molar-refractivity contribution in [1.82, 2.24) is 4.90 Å². The normalized spacial score (nSPS) is 12.8. The van der Waals surface area contributed by atoms with Gasteiger partial charge in [-0.2, -0.15) is 0 Å². The lowest BCUT2D eigenvalue weighted by atomic mass is 10.0. The van der Waals surface area contributed by atoms with Gasteiger partial charge in [0.25, 0.3) is 23.6 Å². The molecule has 2 heterocycles. The first-order valence-corrected chi connectivity index (χ1v) is 19.7. The fraction of sp³-hybridized carbons (Fsp3) is 0.0392. The van der Waals surface area contributed by atoms with Gasteiger partial charge in [0.2, 0.25) is 0 Å². The summed E-state index contributed by atoms with van der Waals surface area (Å²) in [6.07, 6.45) is 0. The standard InChI is InChI=1S/C51H32N2O11/c1-29-3-13-35(14-4-29)61-36-15-5-30(6-16-36)45(54)31-7-17-37(18-8-31)62-38-19-11-34(12-20-38)53-48(57)42-26-10-33(28-44(42)49(53)58)51(60)64-40-23-21-39(22-24-40)63-50(59)32-9-25-41-43(27-32)47(56)52(2)46(41)55/h3-28H,1-2H3. The van der Waals surface area contributed by atoms with Crippen molar-refractivity contribution in [3.8, 4) is 34.5 Å². The molecule has 2 aliphatic heterocycles. The Morgan fingerprint density at radius 3 is 1.20 bits per heavy atom. The molecule has 4 amide bonds. The highest BCUT2D eigenvalue weighted by atomic mass is 16.5. The van der Waals surface area contributed by atoms with Crippen LogP contribution in [0.2, 0.25) is 0 Å². The van der Waals surface area contributed by atoms with E-state index in [4.69, 9.17) is 18.9 Å². The largest absolute Gasteiger partial charge is 0.457 e. The lowest BCUT2D eigenvalue weighted by molar-refractivity contribution is 0.0688. The van der Waals surface area contributed by atoms with Crippen LogP contribution in [0.25, 0.3) is 0 Å². The SMILES string of the molecule is Cc1ccc(Oc2ccc(C(=O)c3ccc(Oc4ccc(N5C(=O)c6ccc(C(=O)Oc7ccc(OC(=O)c8ccc9c(c8)C(=O)N(C)C9=O)cc7)cc6C5=O)cc4)cc3)cc2)cc1. The molecule has 0 saturated carbocycles. The van der Waals surface area contributed by atoms with Gasteiger partial charge in [-0.25, -0.2) is 14.5 Å². The van der Waals surface area contributed by atoms with E-state index < -0.39 is 35.6 Å². The summed E-state index contributed by atoms with van der Waals surface area (Å²) in [7, 11) is 1.36. The Morgan fingerprint density at radius 1 is 0.391 bits per heavy atom. The van der Waals surface area contributed by atoms with Crippen LogP contribution in [0.3, 0.4) is 0 Å². The maximum atomic E-state index is 13.5. The number of benzene rings is 7. The molecule has 0 aliphatic carbocycles. The molecule has 7 aromatic carbocycles. The molecule has 0 bridgehead atoms. The fourth-order valence-electron chi connectivity index (χ4n) is 7.06. The average molecular weight is 849 g/mol. The van der Waals surface area contributed by atoms with Crippen LogP contribution < -0.4 is 23.8 Å². The summed E-state index contributed by atoms with van der Waals surface area (Å²) in [6, 6.07) is 41.3. The van der Waals surface area contributed by atoms with E-state index in [9.17, 15) is 33.6 Å². The summed E-state index contributed by atoms with van der Waals surface area (Å²) >= 11 is 0. The minimum Gasteiger partial charge on any atom is -0.457 e. The van der Waals surface area contributed by atoms with E-state index >= 15 is 0 Å². The van der Waals surface area contributed by atoms with Gasteiger partial charge in [0, 0.05) is 18.2 Å². The molecule has 13 nitrogen and oxygen atoms in total. The second-order valence-electron chi connectivity index (χ2n) is 14.8. The van der Waals surface area contributed by atoms with Crippen LogP contribution >= 0.6 is 0 Å². The molecule has 0 aromatic heterocycles. The first kappa shape index (κ1) is 40.4. The van der Waals surface area contributed by atoms with Crippen molar-refractivity contribution >= 4 is 47.0 Å². The zero-order valence-corrected chi connectivity index (χ0v) is 33.9. The van der Waals surface area contributed by atoms with Gasteiger partial charge in [0.1, 0.15) is 34.5 Å². The molecule has 312 valence electrons. The molecule has 9 rings (SSSR count). The highest BCUT2D eigenvalue weighted by Crippen LogP contribution is 2.33. The first-order chi connectivity index (χ1) is 30.9. The number of amides is 4. The molecule has 0 saturated heterocycles. The lowest BCUT2D eigenvalue weighted by Crippen LogP contribution is -2.29. The molecular weight excluding hydrogens is 817 g/mol. The summed E-state index contributed by atoms with van der Waals surface area (Å²) < 4.78 is 22.7. The van der Waals surface area contributed by atoms with Crippen molar-refractivity contribution in [3.05, 3.63) is 208 Å². The molecule has 0 spiro atoms. The van der Waals surface area contributed by atoms with E-state index in [1.54, 1.807) is 72.8 Å². The van der Waals surface area contributed by atoms with Gasteiger partial charge in [0.05, 0.1) is 39.1 Å². The quantitative estimate of drug-likeness (QED) is 0.0528. The third-order valence-electron chi connectivity index (χ3n) is 10.5. The number of anilines is 1. The third kappa shape index (κ3) is 7.87. The number of carbonyl (C=O) groups excluding carboxylic acids is 7. The number of ketones is 1. The van der Waals surface area contributed by atoms with Crippen LogP contribution in [0.5, 0.6) is 34.5 Å².